The van der Waals surface area contributed by atoms with E-state index in [0.717, 1.165) is 27.1 Å². The lowest BCUT2D eigenvalue weighted by Gasteiger charge is -2.21. The first-order chi connectivity index (χ1) is 12.0. The van der Waals surface area contributed by atoms with E-state index in [9.17, 15) is 9.59 Å². The highest BCUT2D eigenvalue weighted by molar-refractivity contribution is 7.12. The summed E-state index contributed by atoms with van der Waals surface area (Å²) in [7, 11) is 1.86. The summed E-state index contributed by atoms with van der Waals surface area (Å²) in [5.41, 5.74) is 3.29. The zero-order valence-electron chi connectivity index (χ0n) is 16.7. The molecule has 0 saturated carbocycles. The summed E-state index contributed by atoms with van der Waals surface area (Å²) in [4.78, 5) is 30.2. The Labute approximate surface area is 159 Å². The predicted octanol–water partition coefficient (Wildman–Crippen LogP) is 1.47. The van der Waals surface area contributed by atoms with Gasteiger partial charge in [0.25, 0.3) is 5.91 Å². The van der Waals surface area contributed by atoms with Crippen molar-refractivity contribution in [2.24, 2.45) is 0 Å². The first-order valence-corrected chi connectivity index (χ1v) is 9.63. The van der Waals surface area contributed by atoms with Crippen molar-refractivity contribution >= 4 is 23.0 Å². The second kappa shape index (κ2) is 7.72. The third kappa shape index (κ3) is 5.02. The number of hydrogen-bond donors (Lipinski definition) is 2. The molecule has 0 aliphatic carbocycles. The van der Waals surface area contributed by atoms with Gasteiger partial charge in [-0.1, -0.05) is 0 Å². The van der Waals surface area contributed by atoms with Crippen LogP contribution in [0.25, 0.3) is 5.13 Å². The van der Waals surface area contributed by atoms with E-state index in [0.29, 0.717) is 5.56 Å². The van der Waals surface area contributed by atoms with Crippen LogP contribution in [-0.4, -0.2) is 46.9 Å². The van der Waals surface area contributed by atoms with Crippen molar-refractivity contribution in [1.29, 1.82) is 0 Å². The Balaban J connectivity index is 2.09. The van der Waals surface area contributed by atoms with Crippen LogP contribution in [0.5, 0.6) is 0 Å². The Bertz CT molecular complexity index is 814. The average Bonchev–Trinajstić information content (AvgIpc) is 2.99. The van der Waals surface area contributed by atoms with Gasteiger partial charge < -0.3 is 10.2 Å². The van der Waals surface area contributed by atoms with E-state index in [1.807, 2.05) is 64.6 Å². The monoisotopic (exact) mass is 377 g/mol. The fourth-order valence-electron chi connectivity index (χ4n) is 2.95. The van der Waals surface area contributed by atoms with Crippen LogP contribution in [-0.2, 0) is 4.79 Å². The van der Waals surface area contributed by atoms with Crippen LogP contribution < -0.4 is 10.2 Å². The molecule has 7 heteroatoms. The lowest BCUT2D eigenvalue weighted by Crippen LogP contribution is -3.11. The van der Waals surface area contributed by atoms with Crippen molar-refractivity contribution in [3.63, 3.8) is 0 Å². The van der Waals surface area contributed by atoms with Crippen LogP contribution in [0.15, 0.2) is 11.4 Å². The molecule has 0 bridgehead atoms. The maximum Gasteiger partial charge on any atom is 0.275 e. The number of hydrogen-bond acceptors (Lipinski definition) is 4. The van der Waals surface area contributed by atoms with Crippen molar-refractivity contribution < 1.29 is 14.5 Å². The fourth-order valence-corrected chi connectivity index (χ4v) is 3.86. The van der Waals surface area contributed by atoms with E-state index in [1.165, 1.54) is 0 Å². The molecule has 0 radical (unpaired) electrons. The van der Waals surface area contributed by atoms with E-state index >= 15 is 0 Å². The number of ketones is 1. The summed E-state index contributed by atoms with van der Waals surface area (Å²) in [6.45, 7) is 12.3. The predicted molar refractivity (Wildman–Crippen MR) is 104 cm³/mol. The molecule has 0 aliphatic heterocycles. The number of amides is 1. The molecule has 0 aliphatic rings. The zero-order valence-corrected chi connectivity index (χ0v) is 17.5. The van der Waals surface area contributed by atoms with Gasteiger partial charge in [-0.25, -0.2) is 4.98 Å². The Morgan fingerprint density at radius 3 is 2.42 bits per heavy atom. The molecular formula is C19H29N4O2S+. The molecule has 1 amide bonds. The van der Waals surface area contributed by atoms with E-state index in [2.05, 4.69) is 10.3 Å². The Morgan fingerprint density at radius 1 is 1.23 bits per heavy atom. The van der Waals surface area contributed by atoms with Gasteiger partial charge in [-0.2, -0.15) is 0 Å². The molecule has 26 heavy (non-hydrogen) atoms. The molecule has 1 unspecified atom stereocenters. The number of nitrogens with zero attached hydrogens (tertiary/aromatic N) is 2. The molecule has 0 fully saturated rings. The van der Waals surface area contributed by atoms with Crippen LogP contribution in [0.3, 0.4) is 0 Å². The minimum Gasteiger partial charge on any atom is -0.347 e. The molecule has 6 nitrogen and oxygen atoms in total. The summed E-state index contributed by atoms with van der Waals surface area (Å²) in [5.74, 6) is -0.00906. The first-order valence-electron chi connectivity index (χ1n) is 8.75. The van der Waals surface area contributed by atoms with Crippen LogP contribution in [0.4, 0.5) is 0 Å². The summed E-state index contributed by atoms with van der Waals surface area (Å²) in [6.07, 6.45) is 0. The van der Waals surface area contributed by atoms with Gasteiger partial charge in [0.1, 0.15) is 6.54 Å². The summed E-state index contributed by atoms with van der Waals surface area (Å²) in [6, 6.07) is 1.91. The second-order valence-electron chi connectivity index (χ2n) is 7.92. The molecule has 2 rings (SSSR count). The molecular weight excluding hydrogens is 348 g/mol. The molecule has 0 saturated heterocycles. The lowest BCUT2D eigenvalue weighted by atomic mass is 10.1. The number of thiazole rings is 1. The molecule has 2 aromatic heterocycles. The number of quaternary nitrogens is 1. The fraction of sp³-hybridized carbons (Fsp3) is 0.526. The molecule has 0 aromatic carbocycles. The van der Waals surface area contributed by atoms with E-state index in [1.54, 1.807) is 11.3 Å². The zero-order chi connectivity index (χ0) is 19.6. The minimum absolute atomic E-state index is 0.0405. The van der Waals surface area contributed by atoms with E-state index in [4.69, 9.17) is 0 Å². The van der Waals surface area contributed by atoms with Crippen molar-refractivity contribution in [1.82, 2.24) is 14.9 Å². The average molecular weight is 378 g/mol. The van der Waals surface area contributed by atoms with Crippen LogP contribution in [0.2, 0.25) is 0 Å². The quantitative estimate of drug-likeness (QED) is 0.749. The van der Waals surface area contributed by atoms with Crippen molar-refractivity contribution in [3.8, 4) is 5.13 Å². The molecule has 2 N–H and O–H groups in total. The van der Waals surface area contributed by atoms with Gasteiger partial charge in [-0.15, -0.1) is 11.3 Å². The number of carbonyl (C=O) groups is 2. The Morgan fingerprint density at radius 2 is 1.88 bits per heavy atom. The molecule has 0 spiro atoms. The SMILES string of the molecule is Cc1csc(-n2c(C)cc(C(=O)C[NH+](C)CC(=O)NC(C)(C)C)c2C)n1. The number of likely N-dealkylation sites (N-methyl/N-ethyl adjacent to an activating group) is 1. The van der Waals surface area contributed by atoms with Crippen molar-refractivity contribution in [2.45, 2.75) is 47.1 Å². The highest BCUT2D eigenvalue weighted by atomic mass is 32.1. The maximum absolute atomic E-state index is 12.8. The van der Waals surface area contributed by atoms with Gasteiger partial charge >= 0.3 is 0 Å². The van der Waals surface area contributed by atoms with E-state index in [-0.39, 0.29) is 30.3 Å². The Hall–Kier alpha value is -1.99. The standard InChI is InChI=1S/C19H28N4O2S/c1-12-11-26-18(20-12)23-13(2)8-15(14(23)3)16(24)9-22(7)10-17(25)21-19(4,5)6/h8,11H,9-10H2,1-7H3,(H,21,25)/p+1. The van der Waals surface area contributed by atoms with Crippen LogP contribution in [0.1, 0.15) is 48.2 Å². The molecule has 1 atom stereocenters. The van der Waals surface area contributed by atoms with Gasteiger partial charge in [-0.3, -0.25) is 14.2 Å². The van der Waals surface area contributed by atoms with E-state index < -0.39 is 0 Å². The molecule has 2 aromatic rings. The largest absolute Gasteiger partial charge is 0.347 e. The third-order valence-electron chi connectivity index (χ3n) is 3.97. The van der Waals surface area contributed by atoms with Crippen LogP contribution >= 0.6 is 11.3 Å². The van der Waals surface area contributed by atoms with Crippen molar-refractivity contribution in [2.75, 3.05) is 20.1 Å². The smallest absolute Gasteiger partial charge is 0.275 e. The third-order valence-corrected chi connectivity index (χ3v) is 4.91. The molecule has 142 valence electrons. The number of carbonyl (C=O) groups excluding carboxylic acids is 2. The first kappa shape index (κ1) is 20.3. The number of aryl methyl sites for hydroxylation is 2. The number of rotatable bonds is 6. The van der Waals surface area contributed by atoms with Gasteiger partial charge in [0.15, 0.2) is 11.7 Å². The molecule has 2 heterocycles. The topological polar surface area (TPSA) is 68.4 Å². The number of aromatic nitrogens is 2. The highest BCUT2D eigenvalue weighted by Crippen LogP contribution is 2.23. The van der Waals surface area contributed by atoms with Crippen LogP contribution in [0, 0.1) is 20.8 Å². The van der Waals surface area contributed by atoms with Gasteiger partial charge in [0, 0.05) is 27.9 Å². The summed E-state index contributed by atoms with van der Waals surface area (Å²) >= 11 is 1.57. The summed E-state index contributed by atoms with van der Waals surface area (Å²) in [5, 5.41) is 5.81. The second-order valence-corrected chi connectivity index (χ2v) is 8.76. The lowest BCUT2D eigenvalue weighted by molar-refractivity contribution is -0.862. The number of Topliss-reactive ketones (excluding diaryl/α,β-unsaturated/α-hetero) is 1. The maximum atomic E-state index is 12.8. The van der Waals surface area contributed by atoms with Gasteiger partial charge in [0.2, 0.25) is 5.78 Å². The normalized spacial score (nSPS) is 12.9. The Kier molecular flexibility index (Phi) is 6.03. The van der Waals surface area contributed by atoms with Crippen molar-refractivity contribution in [3.05, 3.63) is 34.1 Å². The highest BCUT2D eigenvalue weighted by Gasteiger charge is 2.23. The van der Waals surface area contributed by atoms with Gasteiger partial charge in [-0.05, 0) is 47.6 Å². The number of nitrogens with one attached hydrogen (secondary N) is 2. The van der Waals surface area contributed by atoms with Gasteiger partial charge in [0.05, 0.1) is 12.7 Å². The summed E-state index contributed by atoms with van der Waals surface area (Å²) < 4.78 is 2.02. The minimum atomic E-state index is -0.266.